The molecule has 2 aliphatic rings. The predicted molar refractivity (Wildman–Crippen MR) is 99.8 cm³/mol. The maximum absolute atomic E-state index is 10.6. The van der Waals surface area contributed by atoms with E-state index in [1.165, 1.54) is 5.01 Å². The van der Waals surface area contributed by atoms with E-state index in [1.807, 2.05) is 6.92 Å². The molecule has 0 saturated carbocycles. The van der Waals surface area contributed by atoms with Crippen molar-refractivity contribution in [2.45, 2.75) is 33.0 Å². The zero-order chi connectivity index (χ0) is 21.9. The maximum Gasteiger partial charge on any atom is 0.490 e. The predicted octanol–water partition coefficient (Wildman–Crippen LogP) is 2.71. The summed E-state index contributed by atoms with van der Waals surface area (Å²) in [7, 11) is 0. The lowest BCUT2D eigenvalue weighted by molar-refractivity contribution is -0.192. The van der Waals surface area contributed by atoms with Gasteiger partial charge in [-0.25, -0.2) is 9.78 Å². The van der Waals surface area contributed by atoms with Crippen molar-refractivity contribution in [3.05, 3.63) is 27.8 Å². The minimum Gasteiger partial charge on any atom is -0.475 e. The maximum atomic E-state index is 10.6. The number of aliphatic carboxylic acids is 1. The summed E-state index contributed by atoms with van der Waals surface area (Å²) in [6.45, 7) is 8.76. The van der Waals surface area contributed by atoms with E-state index in [1.54, 1.807) is 11.3 Å². The molecule has 4 heterocycles. The number of alkyl halides is 3. The molecule has 0 unspecified atom stereocenters. The standard InChI is InChI=1S/C16H22N4O2S.C2HF3O2/c1-10-9-23-16(17-10)6-20-4-13-8-21-7-12(14(13)5-20)3-15-18-11(2)19-22-15;3-2(4,5)1(6)7/h9,12-14H,3-8H2,1-2H3;(H,6,7)/t12-,13-,14+;/m1./s1. The van der Waals surface area contributed by atoms with Crippen molar-refractivity contribution >= 4 is 17.3 Å². The number of thiazole rings is 1. The number of hydrogen-bond donors (Lipinski definition) is 1. The second-order valence-corrected chi connectivity index (χ2v) is 8.48. The first-order valence-electron chi connectivity index (χ1n) is 9.42. The quantitative estimate of drug-likeness (QED) is 0.762. The van der Waals surface area contributed by atoms with Gasteiger partial charge in [0.25, 0.3) is 0 Å². The summed E-state index contributed by atoms with van der Waals surface area (Å²) in [5.41, 5.74) is 1.12. The van der Waals surface area contributed by atoms with Gasteiger partial charge in [0.05, 0.1) is 19.8 Å². The molecule has 2 fully saturated rings. The first-order chi connectivity index (χ1) is 14.1. The highest BCUT2D eigenvalue weighted by Crippen LogP contribution is 2.36. The van der Waals surface area contributed by atoms with Crippen molar-refractivity contribution in [1.29, 1.82) is 0 Å². The van der Waals surface area contributed by atoms with E-state index >= 15 is 0 Å². The molecule has 0 spiro atoms. The van der Waals surface area contributed by atoms with Crippen LogP contribution in [0.4, 0.5) is 13.2 Å². The molecule has 0 aromatic carbocycles. The zero-order valence-corrected chi connectivity index (χ0v) is 17.4. The van der Waals surface area contributed by atoms with Gasteiger partial charge in [0, 0.05) is 30.6 Å². The van der Waals surface area contributed by atoms with Crippen LogP contribution in [0.1, 0.15) is 22.4 Å². The number of carbonyl (C=O) groups is 1. The van der Waals surface area contributed by atoms with Gasteiger partial charge >= 0.3 is 12.1 Å². The van der Waals surface area contributed by atoms with Crippen LogP contribution in [0.3, 0.4) is 0 Å². The SMILES string of the molecule is Cc1csc(CN2C[C@@H]3COC[C@@H](Cc4nc(C)no4)[C@@H]3C2)n1.O=C(O)C(F)(F)F. The Kier molecular flexibility index (Phi) is 7.09. The molecule has 0 radical (unpaired) electrons. The van der Waals surface area contributed by atoms with E-state index in [4.69, 9.17) is 19.2 Å². The Morgan fingerprint density at radius 3 is 2.60 bits per heavy atom. The Bertz CT molecular complexity index is 857. The fraction of sp³-hybridized carbons (Fsp3) is 0.667. The molecule has 2 saturated heterocycles. The number of nitrogens with zero attached hydrogens (tertiary/aromatic N) is 4. The number of likely N-dealkylation sites (tertiary alicyclic amines) is 1. The number of ether oxygens (including phenoxy) is 1. The highest BCUT2D eigenvalue weighted by molar-refractivity contribution is 7.09. The molecule has 30 heavy (non-hydrogen) atoms. The van der Waals surface area contributed by atoms with Crippen LogP contribution < -0.4 is 0 Å². The molecule has 166 valence electrons. The van der Waals surface area contributed by atoms with Crippen LogP contribution in [-0.4, -0.2) is 63.6 Å². The second-order valence-electron chi connectivity index (χ2n) is 7.54. The Balaban J connectivity index is 0.000000318. The van der Waals surface area contributed by atoms with E-state index in [-0.39, 0.29) is 0 Å². The Morgan fingerprint density at radius 2 is 2.03 bits per heavy atom. The van der Waals surface area contributed by atoms with E-state index in [2.05, 4.69) is 32.3 Å². The molecule has 2 aliphatic heterocycles. The first kappa shape index (κ1) is 22.6. The first-order valence-corrected chi connectivity index (χ1v) is 10.3. The smallest absolute Gasteiger partial charge is 0.475 e. The molecule has 3 atom stereocenters. The lowest BCUT2D eigenvalue weighted by Crippen LogP contribution is -2.36. The summed E-state index contributed by atoms with van der Waals surface area (Å²) in [6, 6.07) is 0. The Hall–Kier alpha value is -2.05. The van der Waals surface area contributed by atoms with Crippen LogP contribution in [0.2, 0.25) is 0 Å². The molecule has 0 amide bonds. The van der Waals surface area contributed by atoms with Gasteiger partial charge in [0.15, 0.2) is 5.82 Å². The van der Waals surface area contributed by atoms with Crippen molar-refractivity contribution in [3.8, 4) is 0 Å². The van der Waals surface area contributed by atoms with Gasteiger partial charge in [0.2, 0.25) is 5.89 Å². The number of carboxylic acids is 1. The molecule has 8 nitrogen and oxygen atoms in total. The molecular weight excluding hydrogens is 425 g/mol. The van der Waals surface area contributed by atoms with Gasteiger partial charge in [-0.2, -0.15) is 18.2 Å². The van der Waals surface area contributed by atoms with Crippen molar-refractivity contribution in [3.63, 3.8) is 0 Å². The average molecular weight is 448 g/mol. The van der Waals surface area contributed by atoms with Crippen LogP contribution in [0, 0.1) is 31.6 Å². The van der Waals surface area contributed by atoms with Crippen molar-refractivity contribution in [2.75, 3.05) is 26.3 Å². The van der Waals surface area contributed by atoms with Crippen molar-refractivity contribution in [2.24, 2.45) is 17.8 Å². The summed E-state index contributed by atoms with van der Waals surface area (Å²) >= 11 is 1.76. The number of rotatable bonds is 4. The normalized spacial score (nSPS) is 24.2. The summed E-state index contributed by atoms with van der Waals surface area (Å²) in [5.74, 6) is 0.422. The third kappa shape index (κ3) is 5.99. The Morgan fingerprint density at radius 1 is 1.30 bits per heavy atom. The number of aryl methyl sites for hydroxylation is 2. The highest BCUT2D eigenvalue weighted by atomic mass is 32.1. The minimum absolute atomic E-state index is 0.469. The van der Waals surface area contributed by atoms with Crippen LogP contribution in [0.5, 0.6) is 0 Å². The largest absolute Gasteiger partial charge is 0.490 e. The summed E-state index contributed by atoms with van der Waals surface area (Å²) in [4.78, 5) is 20.4. The third-order valence-corrected chi connectivity index (χ3v) is 6.06. The van der Waals surface area contributed by atoms with Crippen LogP contribution in [0.25, 0.3) is 0 Å². The van der Waals surface area contributed by atoms with Gasteiger partial charge < -0.3 is 14.4 Å². The molecule has 2 aromatic heterocycles. The topological polar surface area (TPSA) is 102 Å². The van der Waals surface area contributed by atoms with Crippen LogP contribution in [-0.2, 0) is 22.5 Å². The average Bonchev–Trinajstić information content (AvgIpc) is 3.36. The molecule has 2 aromatic rings. The van der Waals surface area contributed by atoms with Crippen LogP contribution in [0.15, 0.2) is 9.90 Å². The molecule has 1 N–H and O–H groups in total. The monoisotopic (exact) mass is 448 g/mol. The van der Waals surface area contributed by atoms with Crippen molar-refractivity contribution < 1.29 is 32.3 Å². The van der Waals surface area contributed by atoms with Crippen molar-refractivity contribution in [1.82, 2.24) is 20.0 Å². The lowest BCUT2D eigenvalue weighted by atomic mass is 9.81. The van der Waals surface area contributed by atoms with Gasteiger partial charge in [-0.15, -0.1) is 11.3 Å². The van der Waals surface area contributed by atoms with E-state index in [0.29, 0.717) is 23.6 Å². The van der Waals surface area contributed by atoms with Crippen LogP contribution >= 0.6 is 11.3 Å². The highest BCUT2D eigenvalue weighted by Gasteiger charge is 2.41. The third-order valence-electron chi connectivity index (χ3n) is 5.11. The molecular formula is C18H23F3N4O4S. The Labute approximate surface area is 175 Å². The number of fused-ring (bicyclic) bond motifs is 1. The lowest BCUT2D eigenvalue weighted by Gasteiger charge is -2.32. The summed E-state index contributed by atoms with van der Waals surface area (Å²) in [5, 5.41) is 14.4. The number of carboxylic acid groups (broad SMARTS) is 1. The number of hydrogen-bond acceptors (Lipinski definition) is 8. The summed E-state index contributed by atoms with van der Waals surface area (Å²) in [6.07, 6.45) is -4.26. The van der Waals surface area contributed by atoms with Gasteiger partial charge in [-0.05, 0) is 31.6 Å². The molecule has 12 heteroatoms. The van der Waals surface area contributed by atoms with E-state index in [9.17, 15) is 13.2 Å². The minimum atomic E-state index is -5.08. The van der Waals surface area contributed by atoms with E-state index < -0.39 is 12.1 Å². The van der Waals surface area contributed by atoms with Gasteiger partial charge in [0.1, 0.15) is 5.01 Å². The molecule has 0 bridgehead atoms. The van der Waals surface area contributed by atoms with E-state index in [0.717, 1.165) is 50.9 Å². The fourth-order valence-electron chi connectivity index (χ4n) is 3.85. The molecule has 0 aliphatic carbocycles. The zero-order valence-electron chi connectivity index (χ0n) is 16.6. The number of halogens is 3. The summed E-state index contributed by atoms with van der Waals surface area (Å²) < 4.78 is 42.9. The van der Waals surface area contributed by atoms with Gasteiger partial charge in [-0.1, -0.05) is 5.16 Å². The second kappa shape index (κ2) is 9.40. The molecule has 4 rings (SSSR count). The number of aromatic nitrogens is 3. The van der Waals surface area contributed by atoms with Gasteiger partial charge in [-0.3, -0.25) is 4.90 Å². The fourth-order valence-corrected chi connectivity index (χ4v) is 4.66.